The van der Waals surface area contributed by atoms with Crippen LogP contribution in [0.15, 0.2) is 35.3 Å². The molecule has 1 atom stereocenters. The van der Waals surface area contributed by atoms with Crippen LogP contribution in [0, 0.1) is 0 Å². The second-order valence-electron chi connectivity index (χ2n) is 5.09. The SMILES string of the molecule is C=CC[C@@H](c1cc(Br)cc(OC(F)(F)F)c1)N1CCNCC1. The third-order valence-corrected chi connectivity index (χ3v) is 3.95. The fraction of sp³-hybridized carbons (Fsp3) is 0.467. The van der Waals surface area contributed by atoms with Crippen molar-refractivity contribution < 1.29 is 17.9 Å². The predicted octanol–water partition coefficient (Wildman–Crippen LogP) is 3.87. The molecule has 3 nitrogen and oxygen atoms in total. The normalized spacial score (nSPS) is 18.0. The molecule has 1 fully saturated rings. The summed E-state index contributed by atoms with van der Waals surface area (Å²) in [5.74, 6) is -0.207. The first-order valence-electron chi connectivity index (χ1n) is 7.01. The standard InChI is InChI=1S/C15H18BrF3N2O/c1-2-3-14(21-6-4-20-5-7-21)11-8-12(16)10-13(9-11)22-15(17,18)19/h2,8-10,14,20H,1,3-7H2/t14-/m0/s1. The lowest BCUT2D eigenvalue weighted by Crippen LogP contribution is -2.45. The van der Waals surface area contributed by atoms with Gasteiger partial charge in [-0.3, -0.25) is 4.90 Å². The highest BCUT2D eigenvalue weighted by Gasteiger charge is 2.32. The van der Waals surface area contributed by atoms with Crippen LogP contribution in [0.4, 0.5) is 13.2 Å². The van der Waals surface area contributed by atoms with Crippen molar-refractivity contribution in [2.75, 3.05) is 26.2 Å². The van der Waals surface area contributed by atoms with Crippen molar-refractivity contribution in [3.63, 3.8) is 0 Å². The monoisotopic (exact) mass is 378 g/mol. The predicted molar refractivity (Wildman–Crippen MR) is 82.8 cm³/mol. The lowest BCUT2D eigenvalue weighted by molar-refractivity contribution is -0.274. The van der Waals surface area contributed by atoms with E-state index in [0.29, 0.717) is 10.9 Å². The van der Waals surface area contributed by atoms with Gasteiger partial charge in [0, 0.05) is 36.7 Å². The highest BCUT2D eigenvalue weighted by atomic mass is 79.9. The third kappa shape index (κ3) is 5.00. The number of rotatable bonds is 5. The average molecular weight is 379 g/mol. The van der Waals surface area contributed by atoms with Gasteiger partial charge in [-0.25, -0.2) is 0 Å². The zero-order chi connectivity index (χ0) is 16.2. The Balaban J connectivity index is 2.27. The summed E-state index contributed by atoms with van der Waals surface area (Å²) >= 11 is 3.26. The van der Waals surface area contributed by atoms with E-state index in [1.54, 1.807) is 6.08 Å². The highest BCUT2D eigenvalue weighted by Crippen LogP contribution is 2.33. The van der Waals surface area contributed by atoms with E-state index in [-0.39, 0.29) is 11.8 Å². The van der Waals surface area contributed by atoms with Gasteiger partial charge in [-0.15, -0.1) is 19.8 Å². The van der Waals surface area contributed by atoms with Gasteiger partial charge in [0.2, 0.25) is 0 Å². The Morgan fingerprint density at radius 3 is 2.59 bits per heavy atom. The molecule has 0 amide bonds. The van der Waals surface area contributed by atoms with Gasteiger partial charge in [0.15, 0.2) is 0 Å². The van der Waals surface area contributed by atoms with Gasteiger partial charge in [0.25, 0.3) is 0 Å². The third-order valence-electron chi connectivity index (χ3n) is 3.49. The highest BCUT2D eigenvalue weighted by molar-refractivity contribution is 9.10. The molecule has 0 unspecified atom stereocenters. The zero-order valence-electron chi connectivity index (χ0n) is 12.0. The van der Waals surface area contributed by atoms with Crippen molar-refractivity contribution in [1.29, 1.82) is 0 Å². The molecule has 1 aromatic carbocycles. The second kappa shape index (κ2) is 7.48. The van der Waals surface area contributed by atoms with Gasteiger partial charge in [-0.05, 0) is 30.2 Å². The van der Waals surface area contributed by atoms with E-state index in [1.807, 2.05) is 6.07 Å². The van der Waals surface area contributed by atoms with Crippen molar-refractivity contribution in [3.8, 4) is 5.75 Å². The van der Waals surface area contributed by atoms with Gasteiger partial charge in [-0.1, -0.05) is 22.0 Å². The fourth-order valence-corrected chi connectivity index (χ4v) is 3.11. The van der Waals surface area contributed by atoms with Crippen LogP contribution < -0.4 is 10.1 Å². The summed E-state index contributed by atoms with van der Waals surface area (Å²) in [5, 5.41) is 3.27. The Hall–Kier alpha value is -1.05. The van der Waals surface area contributed by atoms with E-state index in [1.165, 1.54) is 12.1 Å². The van der Waals surface area contributed by atoms with E-state index in [2.05, 4.69) is 37.5 Å². The number of benzene rings is 1. The largest absolute Gasteiger partial charge is 0.573 e. The first-order chi connectivity index (χ1) is 10.4. The van der Waals surface area contributed by atoms with Crippen molar-refractivity contribution in [1.82, 2.24) is 10.2 Å². The van der Waals surface area contributed by atoms with Crippen molar-refractivity contribution in [2.45, 2.75) is 18.8 Å². The number of nitrogens with one attached hydrogen (secondary N) is 1. The molecule has 0 saturated carbocycles. The maximum absolute atomic E-state index is 12.4. The lowest BCUT2D eigenvalue weighted by atomic mass is 10.0. The van der Waals surface area contributed by atoms with Crippen LogP contribution in [0.3, 0.4) is 0 Å². The number of alkyl halides is 3. The topological polar surface area (TPSA) is 24.5 Å². The molecular formula is C15H18BrF3N2O. The van der Waals surface area contributed by atoms with E-state index >= 15 is 0 Å². The fourth-order valence-electron chi connectivity index (χ4n) is 2.62. The minimum absolute atomic E-state index is 0.00677. The minimum atomic E-state index is -4.69. The summed E-state index contributed by atoms with van der Waals surface area (Å²) in [6.07, 6.45) is -2.24. The van der Waals surface area contributed by atoms with Crippen molar-refractivity contribution >= 4 is 15.9 Å². The van der Waals surface area contributed by atoms with Crippen molar-refractivity contribution in [3.05, 3.63) is 40.9 Å². The maximum atomic E-state index is 12.4. The van der Waals surface area contributed by atoms with E-state index in [9.17, 15) is 13.2 Å². The average Bonchev–Trinajstić information content (AvgIpc) is 2.43. The Kier molecular flexibility index (Phi) is 5.88. The van der Waals surface area contributed by atoms with Crippen LogP contribution in [0.5, 0.6) is 5.75 Å². The van der Waals surface area contributed by atoms with Gasteiger partial charge >= 0.3 is 6.36 Å². The van der Waals surface area contributed by atoms with Gasteiger partial charge < -0.3 is 10.1 Å². The first kappa shape index (κ1) is 17.3. The number of hydrogen-bond acceptors (Lipinski definition) is 3. The van der Waals surface area contributed by atoms with Crippen LogP contribution in [-0.4, -0.2) is 37.4 Å². The van der Waals surface area contributed by atoms with E-state index in [0.717, 1.165) is 31.7 Å². The Labute approximate surface area is 136 Å². The van der Waals surface area contributed by atoms with Crippen LogP contribution in [0.1, 0.15) is 18.0 Å². The van der Waals surface area contributed by atoms with Crippen LogP contribution in [-0.2, 0) is 0 Å². The molecule has 122 valence electrons. The first-order valence-corrected chi connectivity index (χ1v) is 7.80. The molecule has 1 aliphatic heterocycles. The minimum Gasteiger partial charge on any atom is -0.406 e. The Bertz CT molecular complexity index is 516. The number of hydrogen-bond donors (Lipinski definition) is 1. The summed E-state index contributed by atoms with van der Waals surface area (Å²) in [5.41, 5.74) is 0.787. The molecule has 1 N–H and O–H groups in total. The summed E-state index contributed by atoms with van der Waals surface area (Å²) in [6, 6.07) is 4.60. The van der Waals surface area contributed by atoms with Gasteiger partial charge in [0.1, 0.15) is 5.75 Å². The molecule has 0 aliphatic carbocycles. The summed E-state index contributed by atoms with van der Waals surface area (Å²) in [7, 11) is 0. The number of piperazine rings is 1. The molecule has 0 radical (unpaired) electrons. The van der Waals surface area contributed by atoms with Gasteiger partial charge in [-0.2, -0.15) is 0 Å². The zero-order valence-corrected chi connectivity index (χ0v) is 13.6. The lowest BCUT2D eigenvalue weighted by Gasteiger charge is -2.35. The molecule has 7 heteroatoms. The molecular weight excluding hydrogens is 361 g/mol. The van der Waals surface area contributed by atoms with Crippen LogP contribution >= 0.6 is 15.9 Å². The van der Waals surface area contributed by atoms with Crippen molar-refractivity contribution in [2.24, 2.45) is 0 Å². The second-order valence-corrected chi connectivity index (χ2v) is 6.01. The van der Waals surface area contributed by atoms with E-state index < -0.39 is 6.36 Å². The molecule has 2 rings (SSSR count). The molecule has 0 spiro atoms. The molecule has 1 saturated heterocycles. The van der Waals surface area contributed by atoms with Gasteiger partial charge in [0.05, 0.1) is 0 Å². The summed E-state index contributed by atoms with van der Waals surface area (Å²) < 4.78 is 41.9. The Morgan fingerprint density at radius 2 is 2.00 bits per heavy atom. The Morgan fingerprint density at radius 1 is 1.32 bits per heavy atom. The molecule has 0 bridgehead atoms. The summed E-state index contributed by atoms with van der Waals surface area (Å²) in [4.78, 5) is 2.25. The number of halogens is 4. The van der Waals surface area contributed by atoms with Crippen LogP contribution in [0.25, 0.3) is 0 Å². The molecule has 0 aromatic heterocycles. The smallest absolute Gasteiger partial charge is 0.406 e. The maximum Gasteiger partial charge on any atom is 0.573 e. The molecule has 1 aromatic rings. The molecule has 1 heterocycles. The van der Waals surface area contributed by atoms with Crippen LogP contribution in [0.2, 0.25) is 0 Å². The summed E-state index contributed by atoms with van der Waals surface area (Å²) in [6.45, 7) is 7.19. The number of ether oxygens (including phenoxy) is 1. The molecule has 22 heavy (non-hydrogen) atoms. The number of nitrogens with zero attached hydrogens (tertiary/aromatic N) is 1. The molecule has 1 aliphatic rings. The quantitative estimate of drug-likeness (QED) is 0.787. The van der Waals surface area contributed by atoms with E-state index in [4.69, 9.17) is 0 Å².